The minimum absolute atomic E-state index is 0.0451. The van der Waals surface area contributed by atoms with Crippen LogP contribution in [0, 0.1) is 0 Å². The van der Waals surface area contributed by atoms with Crippen LogP contribution in [0.15, 0.2) is 4.99 Å². The molecule has 4 amide bonds. The van der Waals surface area contributed by atoms with Gasteiger partial charge in [-0.1, -0.05) is 0 Å². The lowest BCUT2D eigenvalue weighted by Crippen LogP contribution is -2.63. The van der Waals surface area contributed by atoms with E-state index in [1.165, 1.54) is 0 Å². The molecule has 0 aromatic heterocycles. The average molecular weight is 368 g/mol. The Morgan fingerprint density at radius 1 is 1.35 bits per heavy atom. The maximum atomic E-state index is 11.9. The highest BCUT2D eigenvalue weighted by atomic mass is 16.6. The fourth-order valence-electron chi connectivity index (χ4n) is 2.50. The molecular weight excluding hydrogens is 340 g/mol. The van der Waals surface area contributed by atoms with E-state index < -0.39 is 5.60 Å². The zero-order valence-corrected chi connectivity index (χ0v) is 15.8. The van der Waals surface area contributed by atoms with Gasteiger partial charge in [-0.25, -0.2) is 9.59 Å². The van der Waals surface area contributed by atoms with E-state index in [1.54, 1.807) is 4.90 Å². The van der Waals surface area contributed by atoms with Crippen molar-refractivity contribution in [3.8, 4) is 0 Å². The highest BCUT2D eigenvalue weighted by molar-refractivity contribution is 6.01. The molecule has 0 aromatic rings. The largest absolute Gasteiger partial charge is 0.444 e. The molecule has 2 aliphatic rings. The maximum absolute atomic E-state index is 11.9. The quantitative estimate of drug-likeness (QED) is 0.349. The summed E-state index contributed by atoms with van der Waals surface area (Å²) in [4.78, 5) is 42.1. The number of hydrogen-bond donors (Lipinski definition) is 3. The summed E-state index contributed by atoms with van der Waals surface area (Å²) in [7, 11) is 0. The Morgan fingerprint density at radius 3 is 2.58 bits per heavy atom. The Morgan fingerprint density at radius 2 is 2.04 bits per heavy atom. The Kier molecular flexibility index (Phi) is 6.27. The van der Waals surface area contributed by atoms with Gasteiger partial charge in [0, 0.05) is 19.6 Å². The van der Waals surface area contributed by atoms with Crippen molar-refractivity contribution in [1.29, 1.82) is 0 Å². The first kappa shape index (κ1) is 19.8. The number of likely N-dealkylation sites (tertiary alicyclic amines) is 1. The number of amides is 4. The topological polar surface area (TPSA) is 115 Å². The molecule has 26 heavy (non-hydrogen) atoms. The summed E-state index contributed by atoms with van der Waals surface area (Å²) in [5.74, 6) is 0.351. The second kappa shape index (κ2) is 8.24. The van der Waals surface area contributed by atoms with Crippen LogP contribution in [-0.4, -0.2) is 84.7 Å². The number of urea groups is 1. The predicted octanol–water partition coefficient (Wildman–Crippen LogP) is -0.287. The Labute approximate surface area is 153 Å². The Hall–Kier alpha value is -2.52. The SMILES string of the molecule is CCNC(=NCCN1C(=O)CNC1=O)NC1CN(C(=O)OC(C)(C)C)C1. The molecule has 0 saturated carbocycles. The van der Waals surface area contributed by atoms with E-state index in [9.17, 15) is 14.4 Å². The minimum Gasteiger partial charge on any atom is -0.444 e. The third-order valence-electron chi connectivity index (χ3n) is 3.75. The zero-order chi connectivity index (χ0) is 19.3. The first-order valence-corrected chi connectivity index (χ1v) is 8.80. The number of rotatable bonds is 5. The monoisotopic (exact) mass is 368 g/mol. The fourth-order valence-corrected chi connectivity index (χ4v) is 2.50. The molecule has 2 heterocycles. The van der Waals surface area contributed by atoms with Gasteiger partial charge in [0.1, 0.15) is 5.60 Å². The van der Waals surface area contributed by atoms with E-state index in [4.69, 9.17) is 4.74 Å². The number of aliphatic imine (C=N–C) groups is 1. The second-order valence-corrected chi connectivity index (χ2v) is 7.19. The molecule has 0 unspecified atom stereocenters. The van der Waals surface area contributed by atoms with Gasteiger partial charge in [-0.3, -0.25) is 14.7 Å². The standard InChI is InChI=1S/C16H28N6O4/c1-5-17-13(18-6-7-22-12(23)8-19-14(22)24)20-11-9-21(10-11)15(25)26-16(2,3)4/h11H,5-10H2,1-4H3,(H,19,24)(H2,17,18,20). The van der Waals surface area contributed by atoms with Crippen LogP contribution in [0.1, 0.15) is 27.7 Å². The predicted molar refractivity (Wildman–Crippen MR) is 95.8 cm³/mol. The second-order valence-electron chi connectivity index (χ2n) is 7.19. The molecule has 2 fully saturated rings. The van der Waals surface area contributed by atoms with E-state index in [1.807, 2.05) is 27.7 Å². The van der Waals surface area contributed by atoms with E-state index in [0.29, 0.717) is 32.1 Å². The third-order valence-corrected chi connectivity index (χ3v) is 3.75. The van der Waals surface area contributed by atoms with Crippen molar-refractivity contribution in [3.05, 3.63) is 0 Å². The number of ether oxygens (including phenoxy) is 1. The molecule has 0 bridgehead atoms. The molecule has 3 N–H and O–H groups in total. The number of hydrogen-bond acceptors (Lipinski definition) is 5. The summed E-state index contributed by atoms with van der Waals surface area (Å²) in [6.45, 7) is 9.78. The highest BCUT2D eigenvalue weighted by Crippen LogP contribution is 2.15. The van der Waals surface area contributed by atoms with E-state index in [-0.39, 0.29) is 37.2 Å². The van der Waals surface area contributed by atoms with Gasteiger partial charge in [0.15, 0.2) is 5.96 Å². The van der Waals surface area contributed by atoms with Crippen LogP contribution in [0.2, 0.25) is 0 Å². The van der Waals surface area contributed by atoms with Crippen LogP contribution in [0.25, 0.3) is 0 Å². The highest BCUT2D eigenvalue weighted by Gasteiger charge is 2.34. The van der Waals surface area contributed by atoms with Gasteiger partial charge in [-0.15, -0.1) is 0 Å². The van der Waals surface area contributed by atoms with Gasteiger partial charge in [-0.05, 0) is 27.7 Å². The van der Waals surface area contributed by atoms with Crippen molar-refractivity contribution in [1.82, 2.24) is 25.8 Å². The van der Waals surface area contributed by atoms with Gasteiger partial charge in [-0.2, -0.15) is 0 Å². The van der Waals surface area contributed by atoms with Crippen LogP contribution in [0.4, 0.5) is 9.59 Å². The zero-order valence-electron chi connectivity index (χ0n) is 15.8. The number of carbonyl (C=O) groups excluding carboxylic acids is 3. The molecule has 0 spiro atoms. The molecule has 10 heteroatoms. The number of nitrogens with one attached hydrogen (secondary N) is 3. The third kappa shape index (κ3) is 5.50. The fraction of sp³-hybridized carbons (Fsp3) is 0.750. The van der Waals surface area contributed by atoms with Crippen LogP contribution in [0.5, 0.6) is 0 Å². The van der Waals surface area contributed by atoms with Crippen molar-refractivity contribution >= 4 is 24.0 Å². The normalized spacial score (nSPS) is 18.5. The molecule has 2 saturated heterocycles. The van der Waals surface area contributed by atoms with Crippen LogP contribution < -0.4 is 16.0 Å². The average Bonchev–Trinajstić information content (AvgIpc) is 2.80. The van der Waals surface area contributed by atoms with E-state index in [2.05, 4.69) is 20.9 Å². The maximum Gasteiger partial charge on any atom is 0.410 e. The number of carbonyl (C=O) groups is 3. The van der Waals surface area contributed by atoms with Gasteiger partial charge < -0.3 is 25.6 Å². The lowest BCUT2D eigenvalue weighted by Gasteiger charge is -2.40. The van der Waals surface area contributed by atoms with Crippen molar-refractivity contribution in [2.24, 2.45) is 4.99 Å². The number of nitrogens with zero attached hydrogens (tertiary/aromatic N) is 3. The summed E-state index contributed by atoms with van der Waals surface area (Å²) < 4.78 is 5.32. The summed E-state index contributed by atoms with van der Waals surface area (Å²) in [6.07, 6.45) is -0.323. The Bertz CT molecular complexity index is 564. The van der Waals surface area contributed by atoms with Crippen molar-refractivity contribution < 1.29 is 19.1 Å². The van der Waals surface area contributed by atoms with Crippen LogP contribution in [-0.2, 0) is 9.53 Å². The van der Waals surface area contributed by atoms with E-state index >= 15 is 0 Å². The van der Waals surface area contributed by atoms with Gasteiger partial charge in [0.2, 0.25) is 5.91 Å². The first-order valence-electron chi connectivity index (χ1n) is 8.80. The van der Waals surface area contributed by atoms with Crippen molar-refractivity contribution in [2.45, 2.75) is 39.3 Å². The minimum atomic E-state index is -0.509. The summed E-state index contributed by atoms with van der Waals surface area (Å²) in [5, 5.41) is 8.82. The number of guanidine groups is 1. The lowest BCUT2D eigenvalue weighted by molar-refractivity contribution is -0.124. The molecule has 0 atom stereocenters. The van der Waals surface area contributed by atoms with Gasteiger partial charge in [0.05, 0.1) is 25.7 Å². The Balaban J connectivity index is 1.77. The smallest absolute Gasteiger partial charge is 0.410 e. The summed E-state index contributed by atoms with van der Waals surface area (Å²) in [5.41, 5.74) is -0.509. The molecule has 10 nitrogen and oxygen atoms in total. The molecular formula is C16H28N6O4. The first-order chi connectivity index (χ1) is 12.2. The molecule has 0 aliphatic carbocycles. The van der Waals surface area contributed by atoms with Crippen LogP contribution >= 0.6 is 0 Å². The molecule has 0 radical (unpaired) electrons. The summed E-state index contributed by atoms with van der Waals surface area (Å²) in [6, 6.07) is -0.299. The molecule has 0 aromatic carbocycles. The molecule has 2 rings (SSSR count). The summed E-state index contributed by atoms with van der Waals surface area (Å²) >= 11 is 0. The molecule has 146 valence electrons. The van der Waals surface area contributed by atoms with Crippen molar-refractivity contribution in [2.75, 3.05) is 39.3 Å². The van der Waals surface area contributed by atoms with Crippen molar-refractivity contribution in [3.63, 3.8) is 0 Å². The number of imide groups is 1. The molecule has 2 aliphatic heterocycles. The van der Waals surface area contributed by atoms with E-state index in [0.717, 1.165) is 4.90 Å². The van der Waals surface area contributed by atoms with Crippen LogP contribution in [0.3, 0.4) is 0 Å². The van der Waals surface area contributed by atoms with Gasteiger partial charge in [0.25, 0.3) is 0 Å². The lowest BCUT2D eigenvalue weighted by atomic mass is 10.1. The van der Waals surface area contributed by atoms with Gasteiger partial charge >= 0.3 is 12.1 Å².